The van der Waals surface area contributed by atoms with Gasteiger partial charge in [0.25, 0.3) is 0 Å². The van der Waals surface area contributed by atoms with Crippen LogP contribution in [0.15, 0.2) is 28.7 Å². The Morgan fingerprint density at radius 2 is 1.75 bits per heavy atom. The highest BCUT2D eigenvalue weighted by Gasteiger charge is 2.32. The second-order valence-electron chi connectivity index (χ2n) is 5.35. The molecule has 1 aromatic carbocycles. The largest absolute Gasteiger partial charge is 0.469 e. The molecule has 0 fully saturated rings. The summed E-state index contributed by atoms with van der Waals surface area (Å²) in [6, 6.07) is 8.06. The van der Waals surface area contributed by atoms with E-state index in [1.165, 1.54) is 7.11 Å². The molecule has 0 N–H and O–H groups in total. The fraction of sp³-hybridized carbons (Fsp3) is 0.533. The Morgan fingerprint density at radius 3 is 2.15 bits per heavy atom. The van der Waals surface area contributed by atoms with E-state index >= 15 is 0 Å². The summed E-state index contributed by atoms with van der Waals surface area (Å²) in [5.74, 6) is -0.411. The Labute approximate surface area is 129 Å². The van der Waals surface area contributed by atoms with E-state index in [9.17, 15) is 4.79 Å². The number of hydrogen-bond donors (Lipinski definition) is 0. The number of esters is 1. The van der Waals surface area contributed by atoms with Crippen molar-refractivity contribution in [2.75, 3.05) is 41.8 Å². The molecule has 1 aromatic rings. The minimum atomic E-state index is -0.230. The van der Waals surface area contributed by atoms with Crippen molar-refractivity contribution in [3.63, 3.8) is 0 Å². The molecule has 4 nitrogen and oxygen atoms in total. The van der Waals surface area contributed by atoms with Crippen LogP contribution in [0.1, 0.15) is 11.6 Å². The maximum absolute atomic E-state index is 12.1. The fourth-order valence-electron chi connectivity index (χ4n) is 2.40. The molecule has 5 heteroatoms. The molecule has 0 aliphatic heterocycles. The van der Waals surface area contributed by atoms with Crippen molar-refractivity contribution in [1.82, 2.24) is 9.80 Å². The van der Waals surface area contributed by atoms with E-state index in [4.69, 9.17) is 4.74 Å². The first-order valence-electron chi connectivity index (χ1n) is 6.51. The summed E-state index contributed by atoms with van der Waals surface area (Å²) in [4.78, 5) is 16.2. The number of benzene rings is 1. The Balaban J connectivity index is 3.13. The van der Waals surface area contributed by atoms with Crippen LogP contribution in [0.4, 0.5) is 0 Å². The Morgan fingerprint density at radius 1 is 1.20 bits per heavy atom. The van der Waals surface area contributed by atoms with E-state index in [0.717, 1.165) is 10.0 Å². The fourth-order valence-corrected chi connectivity index (χ4v) is 2.66. The van der Waals surface area contributed by atoms with Crippen molar-refractivity contribution < 1.29 is 9.53 Å². The highest BCUT2D eigenvalue weighted by molar-refractivity contribution is 9.10. The van der Waals surface area contributed by atoms with Crippen molar-refractivity contribution in [1.29, 1.82) is 0 Å². The maximum Gasteiger partial charge on any atom is 0.311 e. The van der Waals surface area contributed by atoms with E-state index in [2.05, 4.69) is 20.8 Å². The highest BCUT2D eigenvalue weighted by atomic mass is 79.9. The van der Waals surface area contributed by atoms with Crippen LogP contribution in [0.25, 0.3) is 0 Å². The highest BCUT2D eigenvalue weighted by Crippen LogP contribution is 2.29. The summed E-state index contributed by atoms with van der Waals surface area (Å²) in [6.45, 7) is 0.644. The van der Waals surface area contributed by atoms with Gasteiger partial charge in [-0.25, -0.2) is 0 Å². The number of carbonyl (C=O) groups excluding carboxylic acids is 1. The van der Waals surface area contributed by atoms with Crippen LogP contribution in [-0.4, -0.2) is 57.6 Å². The lowest BCUT2D eigenvalue weighted by atomic mass is 9.91. The molecule has 0 spiro atoms. The minimum Gasteiger partial charge on any atom is -0.469 e. The number of carbonyl (C=O) groups is 1. The minimum absolute atomic E-state index is 0.0158. The summed E-state index contributed by atoms with van der Waals surface area (Å²) in [6.07, 6.45) is 0. The van der Waals surface area contributed by atoms with E-state index in [0.29, 0.717) is 6.54 Å². The van der Waals surface area contributed by atoms with Gasteiger partial charge in [-0.15, -0.1) is 0 Å². The first-order valence-corrected chi connectivity index (χ1v) is 7.30. The summed E-state index contributed by atoms with van der Waals surface area (Å²) < 4.78 is 6.02. The van der Waals surface area contributed by atoms with E-state index < -0.39 is 0 Å². The monoisotopic (exact) mass is 342 g/mol. The van der Waals surface area contributed by atoms with Crippen molar-refractivity contribution in [2.45, 2.75) is 6.04 Å². The lowest BCUT2D eigenvalue weighted by molar-refractivity contribution is -0.148. The van der Waals surface area contributed by atoms with Crippen molar-refractivity contribution in [3.8, 4) is 0 Å². The molecule has 0 radical (unpaired) electrons. The Hall–Kier alpha value is -0.910. The average Bonchev–Trinajstić information content (AvgIpc) is 2.38. The number of methoxy groups -OCH3 is 1. The molecule has 1 rings (SSSR count). The van der Waals surface area contributed by atoms with Gasteiger partial charge in [0.05, 0.1) is 13.0 Å². The number of ether oxygens (including phenoxy) is 1. The van der Waals surface area contributed by atoms with Crippen LogP contribution in [0.2, 0.25) is 0 Å². The third-order valence-electron chi connectivity index (χ3n) is 3.21. The van der Waals surface area contributed by atoms with Gasteiger partial charge in [-0.05, 0) is 45.9 Å². The first kappa shape index (κ1) is 17.1. The number of nitrogens with zero attached hydrogens (tertiary/aromatic N) is 2. The molecule has 0 saturated heterocycles. The molecule has 0 aliphatic rings. The van der Waals surface area contributed by atoms with Gasteiger partial charge in [0.2, 0.25) is 0 Å². The van der Waals surface area contributed by atoms with Crippen molar-refractivity contribution in [2.24, 2.45) is 5.92 Å². The smallest absolute Gasteiger partial charge is 0.311 e. The van der Waals surface area contributed by atoms with Crippen LogP contribution in [-0.2, 0) is 9.53 Å². The lowest BCUT2D eigenvalue weighted by Crippen LogP contribution is -2.39. The van der Waals surface area contributed by atoms with Gasteiger partial charge in [-0.3, -0.25) is 4.79 Å². The summed E-state index contributed by atoms with van der Waals surface area (Å²) in [5.41, 5.74) is 1.11. The van der Waals surface area contributed by atoms with Gasteiger partial charge >= 0.3 is 5.97 Å². The predicted molar refractivity (Wildman–Crippen MR) is 84.6 cm³/mol. The first-order chi connectivity index (χ1) is 9.36. The molecule has 20 heavy (non-hydrogen) atoms. The van der Waals surface area contributed by atoms with Gasteiger partial charge in [0, 0.05) is 17.1 Å². The molecule has 2 atom stereocenters. The normalized spacial score (nSPS) is 14.4. The molecule has 0 aliphatic carbocycles. The number of halogens is 1. The lowest BCUT2D eigenvalue weighted by Gasteiger charge is -2.32. The number of rotatable bonds is 6. The molecule has 0 aromatic heterocycles. The quantitative estimate of drug-likeness (QED) is 0.743. The molecular weight excluding hydrogens is 320 g/mol. The molecule has 0 heterocycles. The van der Waals surface area contributed by atoms with Gasteiger partial charge in [0.1, 0.15) is 0 Å². The van der Waals surface area contributed by atoms with E-state index in [-0.39, 0.29) is 17.9 Å². The van der Waals surface area contributed by atoms with Crippen molar-refractivity contribution in [3.05, 3.63) is 34.3 Å². The summed E-state index contributed by atoms with van der Waals surface area (Å²) in [7, 11) is 9.34. The zero-order valence-electron chi connectivity index (χ0n) is 12.8. The van der Waals surface area contributed by atoms with Gasteiger partial charge in [-0.1, -0.05) is 28.1 Å². The standard InChI is InChI=1S/C15H23BrN2O2/c1-17(2)10-13(15(19)20-5)14(18(3)4)11-6-8-12(16)9-7-11/h6-9,13-14H,10H2,1-5H3/t13-,14+/m0/s1. The molecule has 0 bridgehead atoms. The third-order valence-corrected chi connectivity index (χ3v) is 3.74. The zero-order chi connectivity index (χ0) is 15.3. The topological polar surface area (TPSA) is 32.8 Å². The Kier molecular flexibility index (Phi) is 6.65. The molecule has 0 amide bonds. The van der Waals surface area contributed by atoms with Crippen LogP contribution < -0.4 is 0 Å². The van der Waals surface area contributed by atoms with E-state index in [1.807, 2.05) is 57.4 Å². The van der Waals surface area contributed by atoms with Gasteiger partial charge in [-0.2, -0.15) is 0 Å². The number of hydrogen-bond acceptors (Lipinski definition) is 4. The summed E-state index contributed by atoms with van der Waals surface area (Å²) in [5, 5.41) is 0. The van der Waals surface area contributed by atoms with Crippen LogP contribution in [0.5, 0.6) is 0 Å². The third kappa shape index (κ3) is 4.58. The van der Waals surface area contributed by atoms with Crippen LogP contribution in [0.3, 0.4) is 0 Å². The van der Waals surface area contributed by atoms with Gasteiger partial charge in [0.15, 0.2) is 0 Å². The molecular formula is C15H23BrN2O2. The van der Waals surface area contributed by atoms with Crippen LogP contribution >= 0.6 is 15.9 Å². The molecule has 0 saturated carbocycles. The Bertz CT molecular complexity index is 432. The average molecular weight is 343 g/mol. The SMILES string of the molecule is COC(=O)[C@@H](CN(C)C)[C@@H](c1ccc(Br)cc1)N(C)C. The maximum atomic E-state index is 12.1. The van der Waals surface area contributed by atoms with E-state index in [1.54, 1.807) is 0 Å². The predicted octanol–water partition coefficient (Wildman–Crippen LogP) is 2.40. The zero-order valence-corrected chi connectivity index (χ0v) is 14.3. The second kappa shape index (κ2) is 7.76. The van der Waals surface area contributed by atoms with Crippen LogP contribution in [0, 0.1) is 5.92 Å². The van der Waals surface area contributed by atoms with Gasteiger partial charge < -0.3 is 14.5 Å². The second-order valence-corrected chi connectivity index (χ2v) is 6.27. The summed E-state index contributed by atoms with van der Waals surface area (Å²) >= 11 is 3.44. The molecule has 0 unspecified atom stereocenters. The molecule has 112 valence electrons. The van der Waals surface area contributed by atoms with Crippen molar-refractivity contribution >= 4 is 21.9 Å².